The average molecular weight is 304 g/mol. The van der Waals surface area contributed by atoms with Crippen LogP contribution < -0.4 is 4.74 Å². The molecule has 2 rings (SSSR count). The molecule has 0 N–H and O–H groups in total. The quantitative estimate of drug-likeness (QED) is 0.840. The molecule has 1 aliphatic carbocycles. The van der Waals surface area contributed by atoms with Gasteiger partial charge in [-0.15, -0.1) is 0 Å². The van der Waals surface area contributed by atoms with Gasteiger partial charge in [-0.3, -0.25) is 4.79 Å². The zero-order chi connectivity index (χ0) is 15.9. The first-order valence-corrected chi connectivity index (χ1v) is 7.66. The van der Waals surface area contributed by atoms with Crippen molar-refractivity contribution in [2.45, 2.75) is 32.1 Å². The Labute approximate surface area is 130 Å². The predicted octanol–water partition coefficient (Wildman–Crippen LogP) is 3.11. The topological polar surface area (TPSA) is 53.3 Å². The third-order valence-electron chi connectivity index (χ3n) is 4.11. The molecule has 0 unspecified atom stereocenters. The number of hydrogen-bond acceptors (Lipinski definition) is 3. The summed E-state index contributed by atoms with van der Waals surface area (Å²) in [7, 11) is 1.78. The van der Waals surface area contributed by atoms with Gasteiger partial charge >= 0.3 is 0 Å². The minimum Gasteiger partial charge on any atom is -0.484 e. The standard InChI is InChI=1S/C17H21FN2O2/c1-20(11-13-5-3-2-4-6-13)17(21)12-22-15-8-7-14(10-19)16(18)9-15/h7-9,13H,2-6,11-12H2,1H3. The van der Waals surface area contributed by atoms with Crippen molar-refractivity contribution < 1.29 is 13.9 Å². The molecule has 4 nitrogen and oxygen atoms in total. The Balaban J connectivity index is 1.81. The van der Waals surface area contributed by atoms with Crippen molar-refractivity contribution in [3.8, 4) is 11.8 Å². The minimum absolute atomic E-state index is 0.0342. The van der Waals surface area contributed by atoms with Crippen molar-refractivity contribution in [2.75, 3.05) is 20.2 Å². The molecule has 1 aliphatic rings. The summed E-state index contributed by atoms with van der Waals surface area (Å²) < 4.78 is 18.8. The number of halogens is 1. The van der Waals surface area contributed by atoms with Crippen LogP contribution in [-0.2, 0) is 4.79 Å². The third kappa shape index (κ3) is 4.45. The van der Waals surface area contributed by atoms with Crippen molar-refractivity contribution in [3.63, 3.8) is 0 Å². The largest absolute Gasteiger partial charge is 0.484 e. The number of carbonyl (C=O) groups excluding carboxylic acids is 1. The third-order valence-corrected chi connectivity index (χ3v) is 4.11. The van der Waals surface area contributed by atoms with E-state index in [1.54, 1.807) is 18.0 Å². The van der Waals surface area contributed by atoms with Gasteiger partial charge in [0.05, 0.1) is 5.56 Å². The van der Waals surface area contributed by atoms with Crippen LogP contribution in [0.5, 0.6) is 5.75 Å². The van der Waals surface area contributed by atoms with Gasteiger partial charge < -0.3 is 9.64 Å². The molecule has 1 aromatic rings. The van der Waals surface area contributed by atoms with Crippen LogP contribution in [-0.4, -0.2) is 31.0 Å². The van der Waals surface area contributed by atoms with Gasteiger partial charge in [-0.05, 0) is 30.9 Å². The van der Waals surface area contributed by atoms with E-state index in [0.717, 1.165) is 12.6 Å². The summed E-state index contributed by atoms with van der Waals surface area (Å²) in [5.41, 5.74) is -0.0342. The molecule has 0 bridgehead atoms. The van der Waals surface area contributed by atoms with E-state index in [2.05, 4.69) is 0 Å². The van der Waals surface area contributed by atoms with Crippen molar-refractivity contribution in [1.29, 1.82) is 5.26 Å². The molecule has 1 aromatic carbocycles. The number of nitriles is 1. The lowest BCUT2D eigenvalue weighted by atomic mass is 9.89. The van der Waals surface area contributed by atoms with Crippen molar-refractivity contribution in [3.05, 3.63) is 29.6 Å². The summed E-state index contributed by atoms with van der Waals surface area (Å²) >= 11 is 0. The maximum atomic E-state index is 13.4. The fraction of sp³-hybridized carbons (Fsp3) is 0.529. The molecule has 0 aromatic heterocycles. The van der Waals surface area contributed by atoms with Crippen molar-refractivity contribution >= 4 is 5.91 Å². The number of benzene rings is 1. The van der Waals surface area contributed by atoms with E-state index >= 15 is 0 Å². The van der Waals surface area contributed by atoms with E-state index in [9.17, 15) is 9.18 Å². The monoisotopic (exact) mass is 304 g/mol. The van der Waals surface area contributed by atoms with Gasteiger partial charge in [0.15, 0.2) is 6.61 Å². The highest BCUT2D eigenvalue weighted by Crippen LogP contribution is 2.24. The Morgan fingerprint density at radius 3 is 2.77 bits per heavy atom. The lowest BCUT2D eigenvalue weighted by Crippen LogP contribution is -2.35. The molecule has 1 amide bonds. The van der Waals surface area contributed by atoms with Gasteiger partial charge in [0.25, 0.3) is 5.91 Å². The van der Waals surface area contributed by atoms with Gasteiger partial charge in [0, 0.05) is 19.7 Å². The molecule has 118 valence electrons. The van der Waals surface area contributed by atoms with Gasteiger partial charge in [-0.25, -0.2) is 4.39 Å². The minimum atomic E-state index is -0.636. The molecule has 5 heteroatoms. The van der Waals surface area contributed by atoms with E-state index in [1.165, 1.54) is 44.2 Å². The first-order chi connectivity index (χ1) is 10.6. The first-order valence-electron chi connectivity index (χ1n) is 7.66. The van der Waals surface area contributed by atoms with Crippen LogP contribution in [0.1, 0.15) is 37.7 Å². The molecular weight excluding hydrogens is 283 g/mol. The van der Waals surface area contributed by atoms with Crippen LogP contribution in [0.2, 0.25) is 0 Å². The molecule has 0 spiro atoms. The molecule has 22 heavy (non-hydrogen) atoms. The predicted molar refractivity (Wildman–Crippen MR) is 80.8 cm³/mol. The van der Waals surface area contributed by atoms with Gasteiger partial charge in [0.1, 0.15) is 17.6 Å². The zero-order valence-corrected chi connectivity index (χ0v) is 12.8. The molecular formula is C17H21FN2O2. The van der Waals surface area contributed by atoms with Crippen LogP contribution in [0.3, 0.4) is 0 Å². The maximum absolute atomic E-state index is 13.4. The smallest absolute Gasteiger partial charge is 0.260 e. The lowest BCUT2D eigenvalue weighted by Gasteiger charge is -2.27. The molecule has 0 atom stereocenters. The van der Waals surface area contributed by atoms with Crippen molar-refractivity contribution in [2.24, 2.45) is 5.92 Å². The Morgan fingerprint density at radius 2 is 2.14 bits per heavy atom. The van der Waals surface area contributed by atoms with Crippen LogP contribution >= 0.6 is 0 Å². The van der Waals surface area contributed by atoms with E-state index in [1.807, 2.05) is 0 Å². The molecule has 0 heterocycles. The second kappa shape index (κ2) is 7.79. The Hall–Kier alpha value is -2.09. The van der Waals surface area contributed by atoms with Gasteiger partial charge in [-0.1, -0.05) is 19.3 Å². The summed E-state index contributed by atoms with van der Waals surface area (Å²) in [6.07, 6.45) is 6.14. The van der Waals surface area contributed by atoms with Crippen LogP contribution in [0.15, 0.2) is 18.2 Å². The summed E-state index contributed by atoms with van der Waals surface area (Å²) in [6, 6.07) is 5.72. The lowest BCUT2D eigenvalue weighted by molar-refractivity contribution is -0.132. The summed E-state index contributed by atoms with van der Waals surface area (Å²) in [5, 5.41) is 8.66. The molecule has 1 saturated carbocycles. The number of hydrogen-bond donors (Lipinski definition) is 0. The Kier molecular flexibility index (Phi) is 5.76. The number of nitrogens with zero attached hydrogens (tertiary/aromatic N) is 2. The first kappa shape index (κ1) is 16.3. The second-order valence-electron chi connectivity index (χ2n) is 5.82. The molecule has 0 saturated heterocycles. The molecule has 0 radical (unpaired) electrons. The zero-order valence-electron chi connectivity index (χ0n) is 12.8. The molecule has 0 aliphatic heterocycles. The number of amides is 1. The highest BCUT2D eigenvalue weighted by Gasteiger charge is 2.18. The van der Waals surface area contributed by atoms with E-state index in [-0.39, 0.29) is 23.8 Å². The van der Waals surface area contributed by atoms with Crippen LogP contribution in [0.4, 0.5) is 4.39 Å². The van der Waals surface area contributed by atoms with E-state index in [4.69, 9.17) is 10.00 Å². The number of likely N-dealkylation sites (N-methyl/N-ethyl adjacent to an activating group) is 1. The van der Waals surface area contributed by atoms with Crippen LogP contribution in [0.25, 0.3) is 0 Å². The maximum Gasteiger partial charge on any atom is 0.260 e. The normalized spacial score (nSPS) is 15.1. The van der Waals surface area contributed by atoms with Gasteiger partial charge in [0.2, 0.25) is 0 Å². The van der Waals surface area contributed by atoms with E-state index in [0.29, 0.717) is 5.92 Å². The number of ether oxygens (including phenoxy) is 1. The Morgan fingerprint density at radius 1 is 1.41 bits per heavy atom. The SMILES string of the molecule is CN(CC1CCCCC1)C(=O)COc1ccc(C#N)c(F)c1. The fourth-order valence-electron chi connectivity index (χ4n) is 2.79. The summed E-state index contributed by atoms with van der Waals surface area (Å²) in [5.74, 6) is 0.0873. The summed E-state index contributed by atoms with van der Waals surface area (Å²) in [4.78, 5) is 13.7. The second-order valence-corrected chi connectivity index (χ2v) is 5.82. The van der Waals surface area contributed by atoms with Crippen molar-refractivity contribution in [1.82, 2.24) is 4.90 Å². The van der Waals surface area contributed by atoms with E-state index < -0.39 is 5.82 Å². The average Bonchev–Trinajstić information content (AvgIpc) is 2.53. The van der Waals surface area contributed by atoms with Crippen LogP contribution in [0, 0.1) is 23.1 Å². The number of rotatable bonds is 5. The Bertz CT molecular complexity index is 562. The molecule has 1 fully saturated rings. The summed E-state index contributed by atoms with van der Waals surface area (Å²) in [6.45, 7) is 0.637. The highest BCUT2D eigenvalue weighted by atomic mass is 19.1. The highest BCUT2D eigenvalue weighted by molar-refractivity contribution is 5.77. The van der Waals surface area contributed by atoms with Gasteiger partial charge in [-0.2, -0.15) is 5.26 Å². The number of carbonyl (C=O) groups is 1. The fourth-order valence-corrected chi connectivity index (χ4v) is 2.79.